The van der Waals surface area contributed by atoms with Crippen LogP contribution in [0.15, 0.2) is 23.1 Å². The van der Waals surface area contributed by atoms with Crippen molar-refractivity contribution in [3.8, 4) is 0 Å². The summed E-state index contributed by atoms with van der Waals surface area (Å²) >= 11 is 3.18. The van der Waals surface area contributed by atoms with Gasteiger partial charge in [-0.1, -0.05) is 15.9 Å². The van der Waals surface area contributed by atoms with Gasteiger partial charge in [-0.25, -0.2) is 17.6 Å². The van der Waals surface area contributed by atoms with Gasteiger partial charge in [-0.15, -0.1) is 0 Å². The van der Waals surface area contributed by atoms with Gasteiger partial charge in [0.1, 0.15) is 11.9 Å². The van der Waals surface area contributed by atoms with E-state index in [9.17, 15) is 17.6 Å². The van der Waals surface area contributed by atoms with E-state index in [2.05, 4.69) is 15.9 Å². The zero-order valence-electron chi connectivity index (χ0n) is 11.7. The number of halogens is 2. The highest BCUT2D eigenvalue weighted by Gasteiger charge is 2.31. The number of hydrogen-bond donors (Lipinski definition) is 1. The van der Waals surface area contributed by atoms with Crippen LogP contribution in [0.3, 0.4) is 0 Å². The summed E-state index contributed by atoms with van der Waals surface area (Å²) in [5, 5.41) is 0.363. The fourth-order valence-corrected chi connectivity index (χ4v) is 4.23. The quantitative estimate of drug-likeness (QED) is 0.790. The summed E-state index contributed by atoms with van der Waals surface area (Å²) in [5.74, 6) is -0.595. The molecule has 1 aromatic carbocycles. The molecule has 22 heavy (non-hydrogen) atoms. The molecule has 1 saturated heterocycles. The highest BCUT2D eigenvalue weighted by atomic mass is 79.9. The van der Waals surface area contributed by atoms with Crippen LogP contribution in [0, 0.1) is 5.82 Å². The number of ether oxygens (including phenoxy) is 1. The molecule has 0 atom stereocenters. The summed E-state index contributed by atoms with van der Waals surface area (Å²) in [6.07, 6.45) is -0.520. The molecule has 0 radical (unpaired) electrons. The molecule has 122 valence electrons. The smallest absolute Gasteiger partial charge is 0.404 e. The van der Waals surface area contributed by atoms with Crippen molar-refractivity contribution in [1.29, 1.82) is 0 Å². The van der Waals surface area contributed by atoms with Crippen LogP contribution in [0.5, 0.6) is 0 Å². The molecule has 1 amide bonds. The molecule has 0 saturated carbocycles. The number of benzene rings is 1. The number of sulfonamides is 1. The second-order valence-corrected chi connectivity index (χ2v) is 7.47. The van der Waals surface area contributed by atoms with Crippen LogP contribution in [0.4, 0.5) is 9.18 Å². The third-order valence-electron chi connectivity index (χ3n) is 3.41. The molecule has 2 rings (SSSR count). The molecule has 9 heteroatoms. The number of carbonyl (C=O) groups excluding carboxylic acids is 1. The Morgan fingerprint density at radius 3 is 2.55 bits per heavy atom. The molecule has 0 aromatic heterocycles. The zero-order chi connectivity index (χ0) is 16.3. The molecule has 1 heterocycles. The predicted molar refractivity (Wildman–Crippen MR) is 81.5 cm³/mol. The molecule has 1 aromatic rings. The van der Waals surface area contributed by atoms with Gasteiger partial charge >= 0.3 is 6.09 Å². The Labute approximate surface area is 136 Å². The van der Waals surface area contributed by atoms with Crippen molar-refractivity contribution < 1.29 is 22.3 Å². The summed E-state index contributed by atoms with van der Waals surface area (Å²) in [4.78, 5) is 10.6. The second kappa shape index (κ2) is 6.93. The molecular formula is C13H16BrFN2O4S. The van der Waals surface area contributed by atoms with Crippen LogP contribution in [0.2, 0.25) is 0 Å². The first kappa shape index (κ1) is 17.2. The lowest BCUT2D eigenvalue weighted by molar-refractivity contribution is 0.0741. The van der Waals surface area contributed by atoms with E-state index in [1.54, 1.807) is 0 Å². The van der Waals surface area contributed by atoms with Gasteiger partial charge in [0.2, 0.25) is 10.0 Å². The maximum atomic E-state index is 13.5. The van der Waals surface area contributed by atoms with Crippen LogP contribution in [0.1, 0.15) is 18.4 Å². The molecule has 1 fully saturated rings. The van der Waals surface area contributed by atoms with E-state index < -0.39 is 21.9 Å². The van der Waals surface area contributed by atoms with Crippen molar-refractivity contribution in [1.82, 2.24) is 4.31 Å². The summed E-state index contributed by atoms with van der Waals surface area (Å²) < 4.78 is 44.8. The van der Waals surface area contributed by atoms with Gasteiger partial charge in [0, 0.05) is 18.4 Å². The van der Waals surface area contributed by atoms with E-state index in [4.69, 9.17) is 10.5 Å². The molecule has 2 N–H and O–H groups in total. The SMILES string of the molecule is NC(=O)OC1CCN(S(=O)(=O)c2cc(F)cc(CBr)c2)CC1. The number of rotatable bonds is 4. The topological polar surface area (TPSA) is 89.7 Å². The normalized spacial score (nSPS) is 17.4. The highest BCUT2D eigenvalue weighted by molar-refractivity contribution is 9.08. The van der Waals surface area contributed by atoms with E-state index in [0.29, 0.717) is 23.7 Å². The third kappa shape index (κ3) is 3.96. The fourth-order valence-electron chi connectivity index (χ4n) is 2.35. The van der Waals surface area contributed by atoms with Crippen molar-refractivity contribution >= 4 is 32.0 Å². The van der Waals surface area contributed by atoms with Crippen LogP contribution < -0.4 is 5.73 Å². The third-order valence-corrected chi connectivity index (χ3v) is 5.93. The number of nitrogens with zero attached hydrogens (tertiary/aromatic N) is 1. The fraction of sp³-hybridized carbons (Fsp3) is 0.462. The lowest BCUT2D eigenvalue weighted by atomic mass is 10.1. The van der Waals surface area contributed by atoms with Crippen LogP contribution in [-0.4, -0.2) is 38.0 Å². The zero-order valence-corrected chi connectivity index (χ0v) is 14.1. The number of primary amides is 1. The summed E-state index contributed by atoms with van der Waals surface area (Å²) in [5.41, 5.74) is 5.49. The largest absolute Gasteiger partial charge is 0.446 e. The van der Waals surface area contributed by atoms with Gasteiger partial charge in [0.15, 0.2) is 0 Å². The van der Waals surface area contributed by atoms with Crippen molar-refractivity contribution in [2.75, 3.05) is 13.1 Å². The molecule has 0 bridgehead atoms. The van der Waals surface area contributed by atoms with E-state index in [0.717, 1.165) is 6.07 Å². The molecule has 0 unspecified atom stereocenters. The van der Waals surface area contributed by atoms with Gasteiger partial charge in [0.05, 0.1) is 4.90 Å². The van der Waals surface area contributed by atoms with Crippen LogP contribution >= 0.6 is 15.9 Å². The Hall–Kier alpha value is -1.19. The minimum atomic E-state index is -3.77. The van der Waals surface area contributed by atoms with Gasteiger partial charge in [-0.3, -0.25) is 0 Å². The number of hydrogen-bond acceptors (Lipinski definition) is 4. The number of nitrogens with two attached hydrogens (primary N) is 1. The minimum Gasteiger partial charge on any atom is -0.446 e. The van der Waals surface area contributed by atoms with Gasteiger partial charge in [-0.2, -0.15) is 4.31 Å². The first-order chi connectivity index (χ1) is 10.3. The van der Waals surface area contributed by atoms with E-state index >= 15 is 0 Å². The Kier molecular flexibility index (Phi) is 5.41. The van der Waals surface area contributed by atoms with Gasteiger partial charge < -0.3 is 10.5 Å². The molecule has 1 aliphatic rings. The van der Waals surface area contributed by atoms with Crippen molar-refractivity contribution in [2.24, 2.45) is 5.73 Å². The number of piperidine rings is 1. The minimum absolute atomic E-state index is 0.0729. The lowest BCUT2D eigenvalue weighted by Crippen LogP contribution is -2.41. The van der Waals surface area contributed by atoms with Crippen molar-refractivity contribution in [3.63, 3.8) is 0 Å². The molecular weight excluding hydrogens is 379 g/mol. The standard InChI is InChI=1S/C13H16BrFN2O4S/c14-8-9-5-10(15)7-12(6-9)22(19,20)17-3-1-11(2-4-17)21-13(16)18/h5-7,11H,1-4,8H2,(H2,16,18). The van der Waals surface area contributed by atoms with Crippen LogP contribution in [0.25, 0.3) is 0 Å². The number of amides is 1. The maximum absolute atomic E-state index is 13.5. The van der Waals surface area contributed by atoms with Gasteiger partial charge in [0.25, 0.3) is 0 Å². The Morgan fingerprint density at radius 2 is 2.00 bits per heavy atom. The first-order valence-corrected chi connectivity index (χ1v) is 9.20. The first-order valence-electron chi connectivity index (χ1n) is 6.64. The Balaban J connectivity index is 2.15. The average molecular weight is 395 g/mol. The number of alkyl halides is 1. The molecule has 6 nitrogen and oxygen atoms in total. The summed E-state index contributed by atoms with van der Waals surface area (Å²) in [6, 6.07) is 3.73. The van der Waals surface area contributed by atoms with Crippen LogP contribution in [-0.2, 0) is 20.1 Å². The van der Waals surface area contributed by atoms with E-state index in [1.807, 2.05) is 0 Å². The Bertz CT molecular complexity index is 660. The highest BCUT2D eigenvalue weighted by Crippen LogP contribution is 2.24. The summed E-state index contributed by atoms with van der Waals surface area (Å²) in [7, 11) is -3.77. The Morgan fingerprint density at radius 1 is 1.36 bits per heavy atom. The number of carbonyl (C=O) groups is 1. The second-order valence-electron chi connectivity index (χ2n) is 4.97. The molecule has 1 aliphatic heterocycles. The van der Waals surface area contributed by atoms with Crippen molar-refractivity contribution in [2.45, 2.75) is 29.2 Å². The van der Waals surface area contributed by atoms with E-state index in [-0.39, 0.29) is 24.1 Å². The summed E-state index contributed by atoms with van der Waals surface area (Å²) in [6.45, 7) is 0.390. The van der Waals surface area contributed by atoms with E-state index in [1.165, 1.54) is 16.4 Å². The average Bonchev–Trinajstić information content (AvgIpc) is 2.46. The maximum Gasteiger partial charge on any atom is 0.404 e. The lowest BCUT2D eigenvalue weighted by Gasteiger charge is -2.30. The molecule has 0 spiro atoms. The monoisotopic (exact) mass is 394 g/mol. The van der Waals surface area contributed by atoms with Crippen molar-refractivity contribution in [3.05, 3.63) is 29.6 Å². The molecule has 0 aliphatic carbocycles. The predicted octanol–water partition coefficient (Wildman–Crippen LogP) is 1.97. The van der Waals surface area contributed by atoms with Gasteiger partial charge in [-0.05, 0) is 36.6 Å².